The van der Waals surface area contributed by atoms with Crippen molar-refractivity contribution in [3.05, 3.63) is 52.7 Å². The number of benzene rings is 1. The normalized spacial score (nSPS) is 16.8. The molecule has 0 atom stereocenters. The van der Waals surface area contributed by atoms with Gasteiger partial charge in [-0.05, 0) is 50.2 Å². The van der Waals surface area contributed by atoms with Gasteiger partial charge in [0.2, 0.25) is 15.7 Å². The molecule has 5 rings (SSSR count). The van der Waals surface area contributed by atoms with Crippen molar-refractivity contribution in [1.82, 2.24) is 15.0 Å². The molecule has 0 bridgehead atoms. The first-order valence-corrected chi connectivity index (χ1v) is 14.3. The van der Waals surface area contributed by atoms with E-state index in [0.717, 1.165) is 29.5 Å². The van der Waals surface area contributed by atoms with E-state index in [4.69, 9.17) is 9.15 Å². The van der Waals surface area contributed by atoms with Crippen LogP contribution < -0.4 is 10.0 Å². The summed E-state index contributed by atoms with van der Waals surface area (Å²) in [6, 6.07) is 9.46. The van der Waals surface area contributed by atoms with Gasteiger partial charge in [0.25, 0.3) is 5.91 Å². The molecule has 2 aliphatic rings. The summed E-state index contributed by atoms with van der Waals surface area (Å²) in [5.74, 6) is -0.989. The number of hydrogen-bond acceptors (Lipinski definition) is 7. The second-order valence-electron chi connectivity index (χ2n) is 10.2. The Morgan fingerprint density at radius 2 is 1.89 bits per heavy atom. The summed E-state index contributed by atoms with van der Waals surface area (Å²) in [5, 5.41) is 12.6. The van der Waals surface area contributed by atoms with E-state index >= 15 is 0 Å². The number of nitrogens with zero attached hydrogens (tertiary/aromatic N) is 1. The van der Waals surface area contributed by atoms with Gasteiger partial charge in [0.1, 0.15) is 16.9 Å². The number of carboxylic acids is 1. The molecule has 0 unspecified atom stereocenters. The molecular weight excluding hydrogens is 510 g/mol. The molecule has 0 radical (unpaired) electrons. The number of pyridine rings is 1. The second-order valence-corrected chi connectivity index (χ2v) is 12.0. The van der Waals surface area contributed by atoms with Crippen molar-refractivity contribution in [2.75, 3.05) is 26.8 Å². The standard InChI is InChI=1S/C27H31N3O7S/c1-16-4-6-18(7-5-16)23-22(24(31)28-2)20-12-19(17-8-9-17)21(30-25(20)37-23)13-38(34,35)29-11-3-10-27(26(32)33)14-36-15-27/h4-7,12,17,29H,3,8-11,13-15H2,1-2H3,(H,28,31)(H,32,33). The molecule has 202 valence electrons. The molecule has 10 nitrogen and oxygen atoms in total. The smallest absolute Gasteiger partial charge is 0.314 e. The van der Waals surface area contributed by atoms with Crippen molar-refractivity contribution in [3.8, 4) is 11.3 Å². The van der Waals surface area contributed by atoms with Crippen LogP contribution in [0.1, 0.15) is 58.8 Å². The molecule has 1 saturated carbocycles. The summed E-state index contributed by atoms with van der Waals surface area (Å²) in [7, 11) is -2.20. The van der Waals surface area contributed by atoms with Crippen LogP contribution in [0.3, 0.4) is 0 Å². The van der Waals surface area contributed by atoms with Crippen molar-refractivity contribution in [2.24, 2.45) is 5.41 Å². The molecule has 11 heteroatoms. The zero-order chi connectivity index (χ0) is 27.1. The van der Waals surface area contributed by atoms with Gasteiger partial charge in [-0.2, -0.15) is 0 Å². The molecule has 2 fully saturated rings. The van der Waals surface area contributed by atoms with Crippen LogP contribution in [-0.2, 0) is 25.3 Å². The largest absolute Gasteiger partial charge is 0.481 e. The Hall–Kier alpha value is -3.28. The predicted molar refractivity (Wildman–Crippen MR) is 140 cm³/mol. The zero-order valence-corrected chi connectivity index (χ0v) is 22.2. The molecule has 2 aromatic heterocycles. The van der Waals surface area contributed by atoms with E-state index in [-0.39, 0.29) is 43.0 Å². The van der Waals surface area contributed by atoms with E-state index < -0.39 is 21.4 Å². The fraction of sp³-hybridized carbons (Fsp3) is 0.444. The number of carboxylic acid groups (broad SMARTS) is 1. The highest BCUT2D eigenvalue weighted by molar-refractivity contribution is 7.88. The first-order chi connectivity index (χ1) is 18.1. The van der Waals surface area contributed by atoms with Crippen molar-refractivity contribution >= 4 is 33.0 Å². The minimum absolute atomic E-state index is 0.123. The van der Waals surface area contributed by atoms with Crippen LogP contribution in [0.5, 0.6) is 0 Å². The van der Waals surface area contributed by atoms with Crippen molar-refractivity contribution in [3.63, 3.8) is 0 Å². The van der Waals surface area contributed by atoms with E-state index in [2.05, 4.69) is 15.0 Å². The molecule has 1 aromatic carbocycles. The Balaban J connectivity index is 1.42. The lowest BCUT2D eigenvalue weighted by atomic mass is 9.81. The number of amides is 1. The van der Waals surface area contributed by atoms with Gasteiger partial charge in [-0.3, -0.25) is 9.59 Å². The van der Waals surface area contributed by atoms with E-state index in [1.165, 1.54) is 0 Å². The van der Waals surface area contributed by atoms with Gasteiger partial charge in [-0.1, -0.05) is 29.8 Å². The van der Waals surface area contributed by atoms with Gasteiger partial charge in [0.05, 0.1) is 29.9 Å². The average Bonchev–Trinajstić information content (AvgIpc) is 3.62. The van der Waals surface area contributed by atoms with Crippen molar-refractivity contribution in [1.29, 1.82) is 0 Å². The molecule has 38 heavy (non-hydrogen) atoms. The van der Waals surface area contributed by atoms with Gasteiger partial charge in [-0.15, -0.1) is 0 Å². The van der Waals surface area contributed by atoms with E-state index in [9.17, 15) is 23.1 Å². The highest BCUT2D eigenvalue weighted by Gasteiger charge is 2.45. The molecule has 3 aromatic rings. The van der Waals surface area contributed by atoms with Gasteiger partial charge in [0.15, 0.2) is 0 Å². The summed E-state index contributed by atoms with van der Waals surface area (Å²) in [6.45, 7) is 2.39. The SMILES string of the molecule is CNC(=O)c1c(-c2ccc(C)cc2)oc2nc(CS(=O)(=O)NCCCC3(C(=O)O)COC3)c(C3CC3)cc12. The van der Waals surface area contributed by atoms with Crippen molar-refractivity contribution in [2.45, 2.75) is 44.3 Å². The number of sulfonamides is 1. The Kier molecular flexibility index (Phi) is 7.01. The number of aromatic nitrogens is 1. The van der Waals surface area contributed by atoms with Crippen LogP contribution in [0.25, 0.3) is 22.4 Å². The van der Waals surface area contributed by atoms with Gasteiger partial charge >= 0.3 is 5.97 Å². The first kappa shape index (κ1) is 26.3. The fourth-order valence-electron chi connectivity index (χ4n) is 4.81. The van der Waals surface area contributed by atoms with Crippen LogP contribution in [0.2, 0.25) is 0 Å². The molecule has 1 amide bonds. The maximum Gasteiger partial charge on any atom is 0.314 e. The monoisotopic (exact) mass is 541 g/mol. The molecule has 0 spiro atoms. The summed E-state index contributed by atoms with van der Waals surface area (Å²) in [4.78, 5) is 29.0. The maximum atomic E-state index is 13.0. The quantitative estimate of drug-likeness (QED) is 0.313. The van der Waals surface area contributed by atoms with E-state index in [1.807, 2.05) is 37.3 Å². The van der Waals surface area contributed by atoms with Gasteiger partial charge in [0, 0.05) is 19.2 Å². The third-order valence-electron chi connectivity index (χ3n) is 7.27. The van der Waals surface area contributed by atoms with Gasteiger partial charge < -0.3 is 19.6 Å². The first-order valence-electron chi connectivity index (χ1n) is 12.7. The number of furan rings is 1. The molecule has 1 aliphatic heterocycles. The Bertz CT molecular complexity index is 1490. The maximum absolute atomic E-state index is 13.0. The number of rotatable bonds is 11. The molecule has 3 N–H and O–H groups in total. The lowest BCUT2D eigenvalue weighted by Gasteiger charge is -2.37. The van der Waals surface area contributed by atoms with Crippen LogP contribution in [0, 0.1) is 12.3 Å². The number of carbonyl (C=O) groups is 2. The summed E-state index contributed by atoms with van der Waals surface area (Å²) < 4.78 is 39.7. The molecule has 3 heterocycles. The number of aryl methyl sites for hydroxylation is 1. The van der Waals surface area contributed by atoms with Crippen LogP contribution in [0.4, 0.5) is 0 Å². The highest BCUT2D eigenvalue weighted by atomic mass is 32.2. The lowest BCUT2D eigenvalue weighted by Crippen LogP contribution is -2.49. The summed E-state index contributed by atoms with van der Waals surface area (Å²) in [5.41, 5.74) is 2.67. The number of nitrogens with one attached hydrogen (secondary N) is 2. The second kappa shape index (κ2) is 10.1. The van der Waals surface area contributed by atoms with Crippen LogP contribution in [-0.4, -0.2) is 57.2 Å². The minimum atomic E-state index is -3.75. The van der Waals surface area contributed by atoms with Gasteiger partial charge in [-0.25, -0.2) is 18.1 Å². The topological polar surface area (TPSA) is 148 Å². The average molecular weight is 542 g/mol. The molecule has 1 aliphatic carbocycles. The summed E-state index contributed by atoms with van der Waals surface area (Å²) in [6.07, 6.45) is 2.55. The summed E-state index contributed by atoms with van der Waals surface area (Å²) >= 11 is 0. The Morgan fingerprint density at radius 3 is 2.47 bits per heavy atom. The fourth-order valence-corrected chi connectivity index (χ4v) is 5.95. The predicted octanol–water partition coefficient (Wildman–Crippen LogP) is 3.34. The van der Waals surface area contributed by atoms with Crippen molar-refractivity contribution < 1.29 is 32.3 Å². The minimum Gasteiger partial charge on any atom is -0.481 e. The van der Waals surface area contributed by atoms with Crippen LogP contribution >= 0.6 is 0 Å². The molecular formula is C27H31N3O7S. The number of hydrogen-bond donors (Lipinski definition) is 3. The number of aliphatic carboxylic acids is 1. The molecule has 1 saturated heterocycles. The third-order valence-corrected chi connectivity index (χ3v) is 8.57. The number of fused-ring (bicyclic) bond motifs is 1. The zero-order valence-electron chi connectivity index (χ0n) is 21.4. The number of ether oxygens (including phenoxy) is 1. The van der Waals surface area contributed by atoms with E-state index in [0.29, 0.717) is 35.2 Å². The lowest BCUT2D eigenvalue weighted by molar-refractivity contribution is -0.181. The third kappa shape index (κ3) is 5.18. The highest BCUT2D eigenvalue weighted by Crippen LogP contribution is 2.44. The van der Waals surface area contributed by atoms with E-state index in [1.54, 1.807) is 7.05 Å². The Labute approximate surface area is 220 Å². The Morgan fingerprint density at radius 1 is 1.18 bits per heavy atom. The van der Waals surface area contributed by atoms with Crippen LogP contribution in [0.15, 0.2) is 34.7 Å². The number of carbonyl (C=O) groups excluding carboxylic acids is 1.